The number of amides is 1. The van der Waals surface area contributed by atoms with E-state index in [2.05, 4.69) is 26.3 Å². The van der Waals surface area contributed by atoms with Gasteiger partial charge in [0.05, 0.1) is 17.2 Å². The molecule has 0 spiro atoms. The van der Waals surface area contributed by atoms with Crippen LogP contribution in [-0.4, -0.2) is 22.2 Å². The number of hydrogen-bond donors (Lipinski definition) is 1. The molecular weight excluding hydrogens is 342 g/mol. The fourth-order valence-electron chi connectivity index (χ4n) is 5.68. The van der Waals surface area contributed by atoms with Gasteiger partial charge in [-0.1, -0.05) is 0 Å². The van der Waals surface area contributed by atoms with Crippen LogP contribution in [-0.2, 0) is 11.3 Å². The molecule has 1 N–H and O–H groups in total. The van der Waals surface area contributed by atoms with Crippen molar-refractivity contribution in [2.24, 2.45) is 23.2 Å². The minimum absolute atomic E-state index is 0.244. The van der Waals surface area contributed by atoms with Gasteiger partial charge in [-0.25, -0.2) is 0 Å². The van der Waals surface area contributed by atoms with E-state index in [4.69, 9.17) is 0 Å². The maximum atomic E-state index is 12.4. The first-order valence-electron chi connectivity index (χ1n) is 8.55. The molecule has 0 unspecified atom stereocenters. The number of carbonyl (C=O) groups excluding carboxylic acids is 1. The van der Waals surface area contributed by atoms with Crippen LogP contribution in [0.1, 0.15) is 44.9 Å². The number of hydrogen-bond acceptors (Lipinski definition) is 2. The van der Waals surface area contributed by atoms with E-state index in [0.717, 1.165) is 35.2 Å². The third kappa shape index (κ3) is 2.97. The Labute approximate surface area is 140 Å². The Morgan fingerprint density at radius 2 is 1.91 bits per heavy atom. The van der Waals surface area contributed by atoms with Crippen molar-refractivity contribution in [3.8, 4) is 0 Å². The SMILES string of the molecule is O=C(CC12CC3CC(CC(C3)C1)C2)NCCn1cc(Br)cn1. The molecule has 1 amide bonds. The monoisotopic (exact) mass is 365 g/mol. The molecule has 4 bridgehead atoms. The van der Waals surface area contributed by atoms with Gasteiger partial charge in [-0.2, -0.15) is 5.10 Å². The quantitative estimate of drug-likeness (QED) is 0.869. The Bertz CT molecular complexity index is 533. The number of aromatic nitrogens is 2. The molecule has 22 heavy (non-hydrogen) atoms. The second kappa shape index (κ2) is 5.66. The van der Waals surface area contributed by atoms with E-state index in [0.29, 0.717) is 12.0 Å². The first-order valence-corrected chi connectivity index (χ1v) is 9.34. The average Bonchev–Trinajstić information content (AvgIpc) is 2.82. The lowest BCUT2D eigenvalue weighted by molar-refractivity contribution is -0.129. The summed E-state index contributed by atoms with van der Waals surface area (Å²) in [6, 6.07) is 0. The second-order valence-electron chi connectivity index (χ2n) is 7.87. The Morgan fingerprint density at radius 1 is 1.27 bits per heavy atom. The van der Waals surface area contributed by atoms with Gasteiger partial charge in [-0.3, -0.25) is 9.48 Å². The minimum Gasteiger partial charge on any atom is -0.354 e. The van der Waals surface area contributed by atoms with Crippen molar-refractivity contribution in [1.29, 1.82) is 0 Å². The molecule has 1 aromatic heterocycles. The molecular formula is C17H24BrN3O. The summed E-state index contributed by atoms with van der Waals surface area (Å²) in [7, 11) is 0. The second-order valence-corrected chi connectivity index (χ2v) is 8.78. The lowest BCUT2D eigenvalue weighted by atomic mass is 9.49. The number of nitrogens with zero attached hydrogens (tertiary/aromatic N) is 2. The summed E-state index contributed by atoms with van der Waals surface area (Å²) in [5.74, 6) is 2.99. The molecule has 4 saturated carbocycles. The highest BCUT2D eigenvalue weighted by Crippen LogP contribution is 2.61. The largest absolute Gasteiger partial charge is 0.354 e. The van der Waals surface area contributed by atoms with Gasteiger partial charge in [-0.15, -0.1) is 0 Å². The zero-order valence-corrected chi connectivity index (χ0v) is 14.5. The molecule has 5 rings (SSSR count). The lowest BCUT2D eigenvalue weighted by Gasteiger charge is -2.56. The fourth-order valence-corrected chi connectivity index (χ4v) is 6.01. The molecule has 120 valence electrons. The highest BCUT2D eigenvalue weighted by atomic mass is 79.9. The molecule has 0 aliphatic heterocycles. The first-order chi connectivity index (χ1) is 10.6. The summed E-state index contributed by atoms with van der Waals surface area (Å²) in [6.07, 6.45) is 12.7. The van der Waals surface area contributed by atoms with Crippen LogP contribution in [0.4, 0.5) is 0 Å². The summed E-state index contributed by atoms with van der Waals surface area (Å²) in [4.78, 5) is 12.4. The standard InChI is InChI=1S/C17H24BrN3O/c18-15-10-20-21(11-15)2-1-19-16(22)9-17-6-12-3-13(7-17)5-14(4-12)8-17/h10-14H,1-9H2,(H,19,22). The van der Waals surface area contributed by atoms with Crippen LogP contribution >= 0.6 is 15.9 Å². The maximum Gasteiger partial charge on any atom is 0.220 e. The smallest absolute Gasteiger partial charge is 0.220 e. The number of rotatable bonds is 5. The zero-order valence-electron chi connectivity index (χ0n) is 12.9. The van der Waals surface area contributed by atoms with Crippen molar-refractivity contribution in [3.63, 3.8) is 0 Å². The topological polar surface area (TPSA) is 46.9 Å². The predicted molar refractivity (Wildman–Crippen MR) is 88.2 cm³/mol. The Hall–Kier alpha value is -0.840. The van der Waals surface area contributed by atoms with Crippen molar-refractivity contribution in [2.45, 2.75) is 51.5 Å². The zero-order chi connectivity index (χ0) is 15.2. The van der Waals surface area contributed by atoms with Crippen LogP contribution < -0.4 is 5.32 Å². The highest BCUT2D eigenvalue weighted by Gasteiger charge is 2.51. The van der Waals surface area contributed by atoms with E-state index in [9.17, 15) is 4.79 Å². The molecule has 4 aliphatic rings. The molecule has 5 heteroatoms. The van der Waals surface area contributed by atoms with Gasteiger partial charge in [0, 0.05) is 19.2 Å². The molecule has 1 heterocycles. The molecule has 0 saturated heterocycles. The summed E-state index contributed by atoms with van der Waals surface area (Å²) >= 11 is 3.39. The average molecular weight is 366 g/mol. The van der Waals surface area contributed by atoms with Crippen molar-refractivity contribution in [2.75, 3.05) is 6.54 Å². The number of halogens is 1. The summed E-state index contributed by atoms with van der Waals surface area (Å²) < 4.78 is 2.84. The first kappa shape index (κ1) is 14.7. The maximum absolute atomic E-state index is 12.4. The van der Waals surface area contributed by atoms with Crippen molar-refractivity contribution in [3.05, 3.63) is 16.9 Å². The van der Waals surface area contributed by atoms with Gasteiger partial charge in [0.2, 0.25) is 5.91 Å². The van der Waals surface area contributed by atoms with Gasteiger partial charge < -0.3 is 5.32 Å². The minimum atomic E-state index is 0.244. The third-order valence-corrected chi connectivity index (χ3v) is 6.37. The van der Waals surface area contributed by atoms with E-state index < -0.39 is 0 Å². The van der Waals surface area contributed by atoms with Gasteiger partial charge in [0.25, 0.3) is 0 Å². The predicted octanol–water partition coefficient (Wildman–Crippen LogP) is 3.37. The third-order valence-electron chi connectivity index (χ3n) is 5.97. The van der Waals surface area contributed by atoms with Gasteiger partial charge in [-0.05, 0) is 77.6 Å². The fraction of sp³-hybridized carbons (Fsp3) is 0.765. The lowest BCUT2D eigenvalue weighted by Crippen LogP contribution is -2.48. The molecule has 4 aliphatic carbocycles. The molecule has 4 fully saturated rings. The molecule has 0 atom stereocenters. The van der Waals surface area contributed by atoms with Crippen molar-refractivity contribution in [1.82, 2.24) is 15.1 Å². The van der Waals surface area contributed by atoms with E-state index >= 15 is 0 Å². The van der Waals surface area contributed by atoms with Crippen LogP contribution in [0.2, 0.25) is 0 Å². The van der Waals surface area contributed by atoms with E-state index in [-0.39, 0.29) is 5.91 Å². The van der Waals surface area contributed by atoms with Gasteiger partial charge >= 0.3 is 0 Å². The van der Waals surface area contributed by atoms with Crippen LogP contribution in [0, 0.1) is 23.2 Å². The highest BCUT2D eigenvalue weighted by molar-refractivity contribution is 9.10. The Morgan fingerprint density at radius 3 is 2.45 bits per heavy atom. The van der Waals surface area contributed by atoms with E-state index in [1.54, 1.807) is 6.20 Å². The summed E-state index contributed by atoms with van der Waals surface area (Å²) in [6.45, 7) is 1.40. The Balaban J connectivity index is 1.29. The van der Waals surface area contributed by atoms with Gasteiger partial charge in [0.1, 0.15) is 0 Å². The summed E-state index contributed by atoms with van der Waals surface area (Å²) in [5.41, 5.74) is 0.341. The number of carbonyl (C=O) groups is 1. The van der Waals surface area contributed by atoms with Crippen LogP contribution in [0.15, 0.2) is 16.9 Å². The van der Waals surface area contributed by atoms with Crippen LogP contribution in [0.3, 0.4) is 0 Å². The van der Waals surface area contributed by atoms with Crippen LogP contribution in [0.5, 0.6) is 0 Å². The molecule has 0 radical (unpaired) electrons. The van der Waals surface area contributed by atoms with Gasteiger partial charge in [0.15, 0.2) is 0 Å². The van der Waals surface area contributed by atoms with Crippen LogP contribution in [0.25, 0.3) is 0 Å². The normalized spacial score (nSPS) is 35.8. The van der Waals surface area contributed by atoms with E-state index in [1.807, 2.05) is 10.9 Å². The van der Waals surface area contributed by atoms with Crippen molar-refractivity contribution >= 4 is 21.8 Å². The number of nitrogens with one attached hydrogen (secondary N) is 1. The Kier molecular flexibility index (Phi) is 3.79. The molecule has 0 aromatic carbocycles. The van der Waals surface area contributed by atoms with Crippen molar-refractivity contribution < 1.29 is 4.79 Å². The van der Waals surface area contributed by atoms with E-state index in [1.165, 1.54) is 38.5 Å². The molecule has 4 nitrogen and oxygen atoms in total. The summed E-state index contributed by atoms with van der Waals surface area (Å²) in [5, 5.41) is 7.31. The molecule has 1 aromatic rings.